The van der Waals surface area contributed by atoms with Crippen molar-refractivity contribution < 1.29 is 4.42 Å². The highest BCUT2D eigenvalue weighted by atomic mass is 79.9. The maximum Gasteiger partial charge on any atom is 0.117 e. The smallest absolute Gasteiger partial charge is 0.117 e. The summed E-state index contributed by atoms with van der Waals surface area (Å²) in [6, 6.07) is 12.3. The van der Waals surface area contributed by atoms with Gasteiger partial charge in [0.2, 0.25) is 0 Å². The summed E-state index contributed by atoms with van der Waals surface area (Å²) in [6.07, 6.45) is 1.71. The van der Waals surface area contributed by atoms with Crippen molar-refractivity contribution in [2.45, 2.75) is 23.6 Å². The van der Waals surface area contributed by atoms with Crippen molar-refractivity contribution >= 4 is 27.7 Å². The van der Waals surface area contributed by atoms with Crippen molar-refractivity contribution in [1.82, 2.24) is 5.32 Å². The van der Waals surface area contributed by atoms with E-state index in [-0.39, 0.29) is 0 Å². The molecule has 0 saturated carbocycles. The number of thioether (sulfide) groups is 1. The molecule has 0 spiro atoms. The second-order valence-corrected chi connectivity index (χ2v) is 6.52. The zero-order chi connectivity index (χ0) is 12.8. The second-order valence-electron chi connectivity index (χ2n) is 4.09. The third kappa shape index (κ3) is 4.52. The van der Waals surface area contributed by atoms with E-state index in [1.807, 2.05) is 23.9 Å². The van der Waals surface area contributed by atoms with Gasteiger partial charge in [-0.25, -0.2) is 0 Å². The highest BCUT2D eigenvalue weighted by Gasteiger charge is 2.04. The minimum atomic E-state index is 0.529. The second kappa shape index (κ2) is 7.02. The van der Waals surface area contributed by atoms with E-state index in [0.29, 0.717) is 5.25 Å². The van der Waals surface area contributed by atoms with Crippen LogP contribution in [-0.2, 0) is 6.54 Å². The summed E-state index contributed by atoms with van der Waals surface area (Å²) in [5.74, 6) is 0.982. The average Bonchev–Trinajstić information content (AvgIpc) is 2.85. The number of rotatable bonds is 6. The SMILES string of the molecule is CC(CNCc1ccco1)Sc1ccc(Br)cc1. The predicted octanol–water partition coefficient (Wildman–Crippen LogP) is 4.31. The zero-order valence-electron chi connectivity index (χ0n) is 10.2. The van der Waals surface area contributed by atoms with Crippen molar-refractivity contribution in [2.75, 3.05) is 6.54 Å². The molecular formula is C14H16BrNOS. The van der Waals surface area contributed by atoms with Crippen molar-refractivity contribution in [3.8, 4) is 0 Å². The molecule has 0 bridgehead atoms. The van der Waals surface area contributed by atoms with Gasteiger partial charge in [-0.15, -0.1) is 11.8 Å². The fourth-order valence-electron chi connectivity index (χ4n) is 1.60. The Morgan fingerprint density at radius 2 is 2.06 bits per heavy atom. The lowest BCUT2D eigenvalue weighted by Crippen LogP contribution is -2.21. The summed E-state index contributed by atoms with van der Waals surface area (Å²) in [5, 5.41) is 3.92. The first kappa shape index (κ1) is 13.7. The maximum atomic E-state index is 5.27. The Labute approximate surface area is 120 Å². The number of hydrogen-bond donors (Lipinski definition) is 1. The molecule has 1 heterocycles. The average molecular weight is 326 g/mol. The van der Waals surface area contributed by atoms with E-state index in [1.165, 1.54) is 4.90 Å². The van der Waals surface area contributed by atoms with Gasteiger partial charge in [0.1, 0.15) is 5.76 Å². The highest BCUT2D eigenvalue weighted by Crippen LogP contribution is 2.24. The number of halogens is 1. The van der Waals surface area contributed by atoms with Crippen LogP contribution in [0.25, 0.3) is 0 Å². The lowest BCUT2D eigenvalue weighted by atomic mass is 10.4. The number of benzene rings is 1. The van der Waals surface area contributed by atoms with Crippen molar-refractivity contribution in [1.29, 1.82) is 0 Å². The van der Waals surface area contributed by atoms with Crippen molar-refractivity contribution in [2.24, 2.45) is 0 Å². The largest absolute Gasteiger partial charge is 0.468 e. The first-order chi connectivity index (χ1) is 8.74. The van der Waals surface area contributed by atoms with Gasteiger partial charge < -0.3 is 9.73 Å². The molecule has 1 aromatic carbocycles. The van der Waals surface area contributed by atoms with E-state index in [9.17, 15) is 0 Å². The standard InChI is InChI=1S/C14H16BrNOS/c1-11(9-16-10-13-3-2-8-17-13)18-14-6-4-12(15)5-7-14/h2-8,11,16H,9-10H2,1H3. The van der Waals surface area contributed by atoms with Crippen LogP contribution in [0.1, 0.15) is 12.7 Å². The Bertz CT molecular complexity index is 455. The molecule has 96 valence electrons. The summed E-state index contributed by atoms with van der Waals surface area (Å²) in [5.41, 5.74) is 0. The first-order valence-electron chi connectivity index (χ1n) is 5.89. The summed E-state index contributed by atoms with van der Waals surface area (Å²) >= 11 is 5.32. The van der Waals surface area contributed by atoms with Crippen LogP contribution >= 0.6 is 27.7 Å². The molecular weight excluding hydrogens is 310 g/mol. The molecule has 2 aromatic rings. The Hall–Kier alpha value is -0.710. The van der Waals surface area contributed by atoms with E-state index in [2.05, 4.69) is 52.4 Å². The van der Waals surface area contributed by atoms with Crippen LogP contribution in [0.15, 0.2) is 56.4 Å². The van der Waals surface area contributed by atoms with Crippen LogP contribution < -0.4 is 5.32 Å². The van der Waals surface area contributed by atoms with Gasteiger partial charge >= 0.3 is 0 Å². The molecule has 18 heavy (non-hydrogen) atoms. The molecule has 1 N–H and O–H groups in total. The Kier molecular flexibility index (Phi) is 5.35. The van der Waals surface area contributed by atoms with Crippen LogP contribution in [-0.4, -0.2) is 11.8 Å². The quantitative estimate of drug-likeness (QED) is 0.801. The minimum absolute atomic E-state index is 0.529. The monoisotopic (exact) mass is 325 g/mol. The Morgan fingerprint density at radius 1 is 1.28 bits per heavy atom. The van der Waals surface area contributed by atoms with Gasteiger partial charge in [-0.2, -0.15) is 0 Å². The van der Waals surface area contributed by atoms with Crippen LogP contribution in [0.3, 0.4) is 0 Å². The molecule has 0 amide bonds. The maximum absolute atomic E-state index is 5.27. The number of hydrogen-bond acceptors (Lipinski definition) is 3. The normalized spacial score (nSPS) is 12.6. The molecule has 0 aliphatic carbocycles. The molecule has 2 nitrogen and oxygen atoms in total. The number of nitrogens with one attached hydrogen (secondary N) is 1. The Balaban J connectivity index is 1.71. The molecule has 0 fully saturated rings. The zero-order valence-corrected chi connectivity index (χ0v) is 12.6. The van der Waals surface area contributed by atoms with Crippen LogP contribution in [0.5, 0.6) is 0 Å². The van der Waals surface area contributed by atoms with Gasteiger partial charge in [0, 0.05) is 21.2 Å². The summed E-state index contributed by atoms with van der Waals surface area (Å²) < 4.78 is 6.39. The van der Waals surface area contributed by atoms with Gasteiger partial charge in [0.05, 0.1) is 12.8 Å². The lowest BCUT2D eigenvalue weighted by molar-refractivity contribution is 0.484. The molecule has 0 radical (unpaired) electrons. The van der Waals surface area contributed by atoms with Crippen molar-refractivity contribution in [3.63, 3.8) is 0 Å². The lowest BCUT2D eigenvalue weighted by Gasteiger charge is -2.11. The minimum Gasteiger partial charge on any atom is -0.468 e. The van der Waals surface area contributed by atoms with Gasteiger partial charge in [0.25, 0.3) is 0 Å². The molecule has 2 rings (SSSR count). The molecule has 0 aliphatic rings. The van der Waals surface area contributed by atoms with Gasteiger partial charge in [-0.1, -0.05) is 22.9 Å². The molecule has 0 aliphatic heterocycles. The fourth-order valence-corrected chi connectivity index (χ4v) is 2.82. The molecule has 1 aromatic heterocycles. The van der Waals surface area contributed by atoms with Gasteiger partial charge in [-0.05, 0) is 36.4 Å². The van der Waals surface area contributed by atoms with E-state index in [4.69, 9.17) is 4.42 Å². The number of furan rings is 1. The predicted molar refractivity (Wildman–Crippen MR) is 79.9 cm³/mol. The third-order valence-electron chi connectivity index (χ3n) is 2.46. The summed E-state index contributed by atoms with van der Waals surface area (Å²) in [6.45, 7) is 3.97. The van der Waals surface area contributed by atoms with E-state index < -0.39 is 0 Å². The van der Waals surface area contributed by atoms with Crippen LogP contribution in [0, 0.1) is 0 Å². The highest BCUT2D eigenvalue weighted by molar-refractivity contribution is 9.10. The first-order valence-corrected chi connectivity index (χ1v) is 7.56. The Morgan fingerprint density at radius 3 is 2.72 bits per heavy atom. The van der Waals surface area contributed by atoms with Gasteiger partial charge in [0.15, 0.2) is 0 Å². The molecule has 4 heteroatoms. The van der Waals surface area contributed by atoms with Crippen LogP contribution in [0.4, 0.5) is 0 Å². The third-order valence-corrected chi connectivity index (χ3v) is 4.10. The topological polar surface area (TPSA) is 25.2 Å². The molecule has 0 saturated heterocycles. The fraction of sp³-hybridized carbons (Fsp3) is 0.286. The van der Waals surface area contributed by atoms with Gasteiger partial charge in [-0.3, -0.25) is 0 Å². The molecule has 1 unspecified atom stereocenters. The van der Waals surface area contributed by atoms with E-state index in [0.717, 1.165) is 23.3 Å². The summed E-state index contributed by atoms with van der Waals surface area (Å²) in [7, 11) is 0. The van der Waals surface area contributed by atoms with E-state index in [1.54, 1.807) is 6.26 Å². The molecule has 1 atom stereocenters. The van der Waals surface area contributed by atoms with E-state index >= 15 is 0 Å². The van der Waals surface area contributed by atoms with Crippen LogP contribution in [0.2, 0.25) is 0 Å². The van der Waals surface area contributed by atoms with Crippen molar-refractivity contribution in [3.05, 3.63) is 52.9 Å². The summed E-state index contributed by atoms with van der Waals surface area (Å²) in [4.78, 5) is 1.30.